The molecule has 0 N–H and O–H groups in total. The fraction of sp³-hybridized carbons (Fsp3) is 0.375. The summed E-state index contributed by atoms with van der Waals surface area (Å²) >= 11 is 9.67. The van der Waals surface area contributed by atoms with Crippen LogP contribution in [0.5, 0.6) is 0 Å². The molecule has 9 heteroatoms. The summed E-state index contributed by atoms with van der Waals surface area (Å²) in [6.45, 7) is 9.39. The van der Waals surface area contributed by atoms with Crippen molar-refractivity contribution in [1.29, 1.82) is 0 Å². The quantitative estimate of drug-likeness (QED) is 0.290. The van der Waals surface area contributed by atoms with E-state index in [9.17, 15) is 0 Å². The van der Waals surface area contributed by atoms with E-state index in [1.54, 1.807) is 0 Å². The van der Waals surface area contributed by atoms with Gasteiger partial charge in [0.1, 0.15) is 0 Å². The maximum atomic E-state index is 3.22. The standard InChI is InChI=1S/C24H30N6Se3/c1-16-19(13-28-10-7-25(4)22(28)31)17(2)21(15-30-12-9-27(6)24(30)33)18(3)20(16)14-29-11-8-26(5)23(29)32/h7-12H,13-15H2,1-6H3. The molecule has 0 spiro atoms. The number of aryl methyl sites for hydroxylation is 3. The molecule has 1 aromatic carbocycles. The van der Waals surface area contributed by atoms with E-state index < -0.39 is 0 Å². The second kappa shape index (κ2) is 9.57. The molecule has 4 rings (SSSR count). The first-order valence-electron chi connectivity index (χ1n) is 10.9. The van der Waals surface area contributed by atoms with Crippen molar-refractivity contribution < 1.29 is 0 Å². The number of nitrogens with zero attached hydrogens (tertiary/aromatic N) is 6. The van der Waals surface area contributed by atoms with E-state index in [2.05, 4.69) is 153 Å². The minimum atomic E-state index is 0.843. The van der Waals surface area contributed by atoms with Crippen molar-refractivity contribution >= 4 is 46.7 Å². The molecule has 0 saturated carbocycles. The summed E-state index contributed by atoms with van der Waals surface area (Å²) in [5.74, 6) is 0. The van der Waals surface area contributed by atoms with Crippen LogP contribution in [-0.2, 0) is 40.8 Å². The Morgan fingerprint density at radius 3 is 0.909 bits per heavy atom. The van der Waals surface area contributed by atoms with E-state index in [0.29, 0.717) is 0 Å². The Balaban J connectivity index is 1.90. The van der Waals surface area contributed by atoms with E-state index in [4.69, 9.17) is 0 Å². The van der Waals surface area contributed by atoms with Crippen molar-refractivity contribution in [2.24, 2.45) is 21.1 Å². The summed E-state index contributed by atoms with van der Waals surface area (Å²) in [7, 11) is 6.22. The van der Waals surface area contributed by atoms with Crippen molar-refractivity contribution in [2.45, 2.75) is 40.4 Å². The average Bonchev–Trinajstić information content (AvgIpc) is 3.39. The van der Waals surface area contributed by atoms with Gasteiger partial charge in [-0.25, -0.2) is 0 Å². The molecule has 3 aromatic heterocycles. The summed E-state index contributed by atoms with van der Waals surface area (Å²) in [6.07, 6.45) is 12.8. The van der Waals surface area contributed by atoms with Gasteiger partial charge in [0.25, 0.3) is 0 Å². The normalized spacial score (nSPS) is 11.5. The summed E-state index contributed by atoms with van der Waals surface area (Å²) in [5.41, 5.74) is 8.32. The van der Waals surface area contributed by atoms with Gasteiger partial charge in [0.15, 0.2) is 0 Å². The Hall–Kier alpha value is -1.59. The van der Waals surface area contributed by atoms with Gasteiger partial charge in [-0.15, -0.1) is 0 Å². The van der Waals surface area contributed by atoms with Crippen LogP contribution in [0, 0.1) is 33.7 Å². The first-order valence-corrected chi connectivity index (χ1v) is 13.4. The summed E-state index contributed by atoms with van der Waals surface area (Å²) in [4.78, 5) is 0. The van der Waals surface area contributed by atoms with E-state index >= 15 is 0 Å². The Morgan fingerprint density at radius 1 is 0.485 bits per heavy atom. The zero-order valence-corrected chi connectivity index (χ0v) is 25.1. The Labute approximate surface area is 218 Å². The van der Waals surface area contributed by atoms with Gasteiger partial charge in [-0.1, -0.05) is 0 Å². The molecule has 4 aromatic rings. The van der Waals surface area contributed by atoms with Gasteiger partial charge in [-0.3, -0.25) is 0 Å². The predicted molar refractivity (Wildman–Crippen MR) is 135 cm³/mol. The molecule has 0 saturated heterocycles. The molecule has 0 fully saturated rings. The monoisotopic (exact) mass is 642 g/mol. The van der Waals surface area contributed by atoms with Crippen LogP contribution in [0.1, 0.15) is 33.4 Å². The topological polar surface area (TPSA) is 29.6 Å². The SMILES string of the molecule is Cc1c(Cn2ccn(C)c2=[Se])c(C)c(Cn2ccn(C)c2=[Se])c(C)c1Cn1ccn(C)c1=[Se]. The number of rotatable bonds is 6. The summed E-state index contributed by atoms with van der Waals surface area (Å²) in [6, 6.07) is 0. The second-order valence-electron chi connectivity index (χ2n) is 8.77. The molecule has 33 heavy (non-hydrogen) atoms. The van der Waals surface area contributed by atoms with Gasteiger partial charge < -0.3 is 0 Å². The van der Waals surface area contributed by atoms with Gasteiger partial charge >= 0.3 is 219 Å². The molecular weight excluding hydrogens is 609 g/mol. The zero-order valence-electron chi connectivity index (χ0n) is 20.0. The van der Waals surface area contributed by atoms with E-state index in [0.717, 1.165) is 32.6 Å². The molecule has 0 radical (unpaired) electrons. The molecule has 0 unspecified atom stereocenters. The number of hydrogen-bond donors (Lipinski definition) is 0. The molecule has 174 valence electrons. The molecule has 0 amide bonds. The van der Waals surface area contributed by atoms with Crippen LogP contribution in [0.15, 0.2) is 37.2 Å². The van der Waals surface area contributed by atoms with Gasteiger partial charge in [0, 0.05) is 0 Å². The van der Waals surface area contributed by atoms with Gasteiger partial charge in [-0.05, 0) is 0 Å². The fourth-order valence-electron chi connectivity index (χ4n) is 4.51. The molecule has 6 nitrogen and oxygen atoms in total. The zero-order chi connectivity index (χ0) is 24.0. The first-order chi connectivity index (χ1) is 15.6. The summed E-state index contributed by atoms with van der Waals surface area (Å²) < 4.78 is 16.6. The van der Waals surface area contributed by atoms with Crippen LogP contribution in [0.3, 0.4) is 0 Å². The first kappa shape index (κ1) is 24.5. The van der Waals surface area contributed by atoms with Crippen LogP contribution in [-0.4, -0.2) is 74.1 Å². The third kappa shape index (κ3) is 4.55. The molecule has 0 bridgehead atoms. The van der Waals surface area contributed by atoms with Gasteiger partial charge in [-0.2, -0.15) is 0 Å². The van der Waals surface area contributed by atoms with Crippen molar-refractivity contribution in [2.75, 3.05) is 0 Å². The number of benzene rings is 1. The second-order valence-corrected chi connectivity index (χ2v) is 11.1. The van der Waals surface area contributed by atoms with Crippen molar-refractivity contribution in [3.05, 3.63) is 83.5 Å². The Bertz CT molecular complexity index is 1320. The maximum absolute atomic E-state index is 3.22. The molecule has 0 aliphatic heterocycles. The van der Waals surface area contributed by atoms with Gasteiger partial charge in [0.05, 0.1) is 0 Å². The molecule has 3 heterocycles. The Morgan fingerprint density at radius 2 is 0.727 bits per heavy atom. The van der Waals surface area contributed by atoms with Crippen LogP contribution in [0.4, 0.5) is 0 Å². The fourth-order valence-corrected chi connectivity index (χ4v) is 5.68. The van der Waals surface area contributed by atoms with E-state index in [1.807, 2.05) is 0 Å². The summed E-state index contributed by atoms with van der Waals surface area (Å²) in [5, 5.41) is 0. The van der Waals surface area contributed by atoms with Crippen LogP contribution in [0.2, 0.25) is 0 Å². The molecule has 0 atom stereocenters. The average molecular weight is 639 g/mol. The van der Waals surface area contributed by atoms with Crippen molar-refractivity contribution in [3.8, 4) is 0 Å². The van der Waals surface area contributed by atoms with Gasteiger partial charge in [0.2, 0.25) is 0 Å². The predicted octanol–water partition coefficient (Wildman–Crippen LogP) is 2.28. The van der Waals surface area contributed by atoms with Crippen LogP contribution < -0.4 is 0 Å². The Kier molecular flexibility index (Phi) is 7.12. The van der Waals surface area contributed by atoms with Crippen LogP contribution >= 0.6 is 0 Å². The van der Waals surface area contributed by atoms with Crippen molar-refractivity contribution in [3.63, 3.8) is 0 Å². The van der Waals surface area contributed by atoms with Crippen LogP contribution in [0.25, 0.3) is 0 Å². The molecule has 0 aliphatic rings. The minimum absolute atomic E-state index is 0.843. The third-order valence-corrected chi connectivity index (χ3v) is 10.0. The van der Waals surface area contributed by atoms with E-state index in [1.165, 1.54) is 33.4 Å². The number of imidazole rings is 3. The molecule has 0 aliphatic carbocycles. The third-order valence-electron chi connectivity index (χ3n) is 6.75. The number of aromatic nitrogens is 6. The molecular formula is C24H30N6Se3. The van der Waals surface area contributed by atoms with Crippen molar-refractivity contribution in [1.82, 2.24) is 27.4 Å². The number of hydrogen-bond acceptors (Lipinski definition) is 0. The van der Waals surface area contributed by atoms with E-state index in [-0.39, 0.29) is 0 Å².